The molecule has 2 N–H and O–H groups in total. The van der Waals surface area contributed by atoms with E-state index in [1.807, 2.05) is 0 Å². The third-order valence-electron chi connectivity index (χ3n) is 5.70. The van der Waals surface area contributed by atoms with Gasteiger partial charge in [-0.15, -0.1) is 0 Å². The van der Waals surface area contributed by atoms with Crippen molar-refractivity contribution >= 4 is 5.91 Å². The largest absolute Gasteiger partial charge is 0.341 e. The Labute approximate surface area is 122 Å². The fourth-order valence-corrected chi connectivity index (χ4v) is 4.31. The molecule has 20 heavy (non-hydrogen) atoms. The third kappa shape index (κ3) is 2.86. The first-order chi connectivity index (χ1) is 9.65. The van der Waals surface area contributed by atoms with Gasteiger partial charge in [-0.3, -0.25) is 9.69 Å². The minimum absolute atomic E-state index is 0.234. The van der Waals surface area contributed by atoms with E-state index < -0.39 is 0 Å². The Balaban J connectivity index is 1.61. The van der Waals surface area contributed by atoms with E-state index in [1.54, 1.807) is 0 Å². The molecule has 4 heteroatoms. The zero-order valence-electron chi connectivity index (χ0n) is 12.8. The number of nitrogens with zero attached hydrogens (tertiary/aromatic N) is 2. The summed E-state index contributed by atoms with van der Waals surface area (Å²) in [6.07, 6.45) is 6.73. The Kier molecular flexibility index (Phi) is 4.32. The second kappa shape index (κ2) is 6.02. The van der Waals surface area contributed by atoms with Gasteiger partial charge in [0.25, 0.3) is 0 Å². The molecule has 0 spiro atoms. The third-order valence-corrected chi connectivity index (χ3v) is 5.70. The molecule has 0 radical (unpaired) electrons. The predicted octanol–water partition coefficient (Wildman–Crippen LogP) is 1.45. The van der Waals surface area contributed by atoms with Crippen LogP contribution in [0.4, 0.5) is 0 Å². The lowest BCUT2D eigenvalue weighted by Crippen LogP contribution is -2.45. The highest BCUT2D eigenvalue weighted by Gasteiger charge is 2.35. The predicted molar refractivity (Wildman–Crippen MR) is 80.3 cm³/mol. The van der Waals surface area contributed by atoms with Gasteiger partial charge in [-0.25, -0.2) is 0 Å². The average molecular weight is 279 g/mol. The van der Waals surface area contributed by atoms with Crippen LogP contribution in [0.25, 0.3) is 0 Å². The molecule has 3 rings (SSSR count). The Morgan fingerprint density at radius 3 is 2.70 bits per heavy atom. The summed E-state index contributed by atoms with van der Waals surface area (Å²) in [5.74, 6) is 1.14. The molecule has 4 nitrogen and oxygen atoms in total. The molecule has 3 aliphatic rings. The van der Waals surface area contributed by atoms with E-state index in [-0.39, 0.29) is 5.92 Å². The van der Waals surface area contributed by atoms with Gasteiger partial charge in [-0.05, 0) is 51.0 Å². The molecule has 4 unspecified atom stereocenters. The fraction of sp³-hybridized carbons (Fsp3) is 0.938. The monoisotopic (exact) mass is 279 g/mol. The van der Waals surface area contributed by atoms with E-state index in [9.17, 15) is 4.79 Å². The first kappa shape index (κ1) is 14.3. The van der Waals surface area contributed by atoms with Crippen molar-refractivity contribution in [2.75, 3.05) is 26.2 Å². The van der Waals surface area contributed by atoms with Crippen molar-refractivity contribution in [3.63, 3.8) is 0 Å². The molecule has 4 atom stereocenters. The van der Waals surface area contributed by atoms with E-state index in [2.05, 4.69) is 16.7 Å². The second-order valence-corrected chi connectivity index (χ2v) is 7.12. The van der Waals surface area contributed by atoms with Gasteiger partial charge in [0, 0.05) is 37.6 Å². The van der Waals surface area contributed by atoms with Crippen molar-refractivity contribution in [1.82, 2.24) is 9.80 Å². The number of nitrogens with two attached hydrogens (primary N) is 1. The van der Waals surface area contributed by atoms with Crippen molar-refractivity contribution in [3.05, 3.63) is 0 Å². The van der Waals surface area contributed by atoms with Gasteiger partial charge in [0.15, 0.2) is 0 Å². The summed E-state index contributed by atoms with van der Waals surface area (Å²) in [5.41, 5.74) is 6.08. The quantitative estimate of drug-likeness (QED) is 0.790. The smallest absolute Gasteiger partial charge is 0.225 e. The first-order valence-electron chi connectivity index (χ1n) is 8.43. The lowest BCUT2D eigenvalue weighted by molar-refractivity contribution is -0.137. The summed E-state index contributed by atoms with van der Waals surface area (Å²) in [5, 5.41) is 0. The van der Waals surface area contributed by atoms with Crippen LogP contribution in [0.15, 0.2) is 0 Å². The van der Waals surface area contributed by atoms with Gasteiger partial charge in [0.1, 0.15) is 0 Å². The zero-order chi connectivity index (χ0) is 14.1. The van der Waals surface area contributed by atoms with Crippen LogP contribution in [0.5, 0.6) is 0 Å². The highest BCUT2D eigenvalue weighted by atomic mass is 16.2. The number of carbonyl (C=O) groups is 1. The molecule has 0 aromatic rings. The molecular weight excluding hydrogens is 250 g/mol. The van der Waals surface area contributed by atoms with Crippen molar-refractivity contribution in [2.24, 2.45) is 17.6 Å². The van der Waals surface area contributed by atoms with Gasteiger partial charge < -0.3 is 10.6 Å². The Morgan fingerprint density at radius 1 is 1.10 bits per heavy atom. The van der Waals surface area contributed by atoms with Gasteiger partial charge in [0.05, 0.1) is 0 Å². The van der Waals surface area contributed by atoms with E-state index >= 15 is 0 Å². The second-order valence-electron chi connectivity index (χ2n) is 7.12. The van der Waals surface area contributed by atoms with E-state index in [0.717, 1.165) is 38.8 Å². The summed E-state index contributed by atoms with van der Waals surface area (Å²) < 4.78 is 0. The lowest BCUT2D eigenvalue weighted by Gasteiger charge is -2.35. The Morgan fingerprint density at radius 2 is 1.90 bits per heavy atom. The summed E-state index contributed by atoms with van der Waals surface area (Å²) in [6.45, 7) is 6.55. The van der Waals surface area contributed by atoms with E-state index in [0.29, 0.717) is 23.9 Å². The molecule has 0 aromatic heterocycles. The molecule has 1 aliphatic carbocycles. The molecule has 0 bridgehead atoms. The van der Waals surface area contributed by atoms with Crippen LogP contribution >= 0.6 is 0 Å². The molecular formula is C16H29N3O. The van der Waals surface area contributed by atoms with Crippen molar-refractivity contribution in [2.45, 2.75) is 57.5 Å². The van der Waals surface area contributed by atoms with E-state index in [4.69, 9.17) is 5.73 Å². The van der Waals surface area contributed by atoms with Gasteiger partial charge >= 0.3 is 0 Å². The maximum absolute atomic E-state index is 12.8. The van der Waals surface area contributed by atoms with Crippen molar-refractivity contribution in [3.8, 4) is 0 Å². The minimum atomic E-state index is 0.234. The summed E-state index contributed by atoms with van der Waals surface area (Å²) in [7, 11) is 0. The molecule has 1 saturated carbocycles. The molecule has 0 aromatic carbocycles. The molecule has 1 amide bonds. The number of rotatable bonds is 1. The van der Waals surface area contributed by atoms with Crippen LogP contribution in [0.3, 0.4) is 0 Å². The molecule has 114 valence electrons. The SMILES string of the molecule is CC1CC(C(=O)N2CCCN3CCCC3C2)CCC1N. The van der Waals surface area contributed by atoms with Crippen molar-refractivity contribution < 1.29 is 4.79 Å². The highest BCUT2D eigenvalue weighted by Crippen LogP contribution is 2.30. The van der Waals surface area contributed by atoms with E-state index in [1.165, 1.54) is 25.9 Å². The molecule has 3 fully saturated rings. The standard InChI is InChI=1S/C16H29N3O/c1-12-10-13(5-6-15(12)17)16(20)19-9-3-8-18-7-2-4-14(18)11-19/h12-15H,2-11,17H2,1H3. The minimum Gasteiger partial charge on any atom is -0.341 e. The number of hydrogen-bond donors (Lipinski definition) is 1. The van der Waals surface area contributed by atoms with Gasteiger partial charge in [0.2, 0.25) is 5.91 Å². The number of hydrogen-bond acceptors (Lipinski definition) is 3. The molecule has 2 heterocycles. The summed E-state index contributed by atoms with van der Waals surface area (Å²) in [6, 6.07) is 0.929. The average Bonchev–Trinajstić information content (AvgIpc) is 2.78. The fourth-order valence-electron chi connectivity index (χ4n) is 4.31. The van der Waals surface area contributed by atoms with Crippen LogP contribution in [-0.2, 0) is 4.79 Å². The van der Waals surface area contributed by atoms with Crippen LogP contribution < -0.4 is 5.73 Å². The Bertz CT molecular complexity index is 360. The van der Waals surface area contributed by atoms with Crippen LogP contribution in [-0.4, -0.2) is 54.0 Å². The summed E-state index contributed by atoms with van der Waals surface area (Å²) in [4.78, 5) is 17.6. The van der Waals surface area contributed by atoms with Crippen molar-refractivity contribution in [1.29, 1.82) is 0 Å². The highest BCUT2D eigenvalue weighted by molar-refractivity contribution is 5.79. The van der Waals surface area contributed by atoms with Gasteiger partial charge in [-0.2, -0.15) is 0 Å². The van der Waals surface area contributed by atoms with Crippen LogP contribution in [0.2, 0.25) is 0 Å². The topological polar surface area (TPSA) is 49.6 Å². The lowest BCUT2D eigenvalue weighted by atomic mass is 9.78. The zero-order valence-corrected chi connectivity index (χ0v) is 12.8. The summed E-state index contributed by atoms with van der Waals surface area (Å²) >= 11 is 0. The number of carbonyl (C=O) groups excluding carboxylic acids is 1. The van der Waals surface area contributed by atoms with Gasteiger partial charge in [-0.1, -0.05) is 6.92 Å². The van der Waals surface area contributed by atoms with Crippen LogP contribution in [0.1, 0.15) is 45.4 Å². The number of amides is 1. The maximum atomic E-state index is 12.8. The van der Waals surface area contributed by atoms with Crippen LogP contribution in [0, 0.1) is 11.8 Å². The molecule has 2 aliphatic heterocycles. The maximum Gasteiger partial charge on any atom is 0.225 e. The Hall–Kier alpha value is -0.610. The first-order valence-corrected chi connectivity index (χ1v) is 8.43. The molecule has 2 saturated heterocycles. The normalized spacial score (nSPS) is 39.4. The number of fused-ring (bicyclic) bond motifs is 1.